The predicted octanol–water partition coefficient (Wildman–Crippen LogP) is 4.45. The lowest BCUT2D eigenvalue weighted by Crippen LogP contribution is -2.22. The Morgan fingerprint density at radius 1 is 1.21 bits per heavy atom. The lowest BCUT2D eigenvalue weighted by molar-refractivity contribution is -0.387. The number of carbonyl (C=O) groups is 1. The zero-order valence-corrected chi connectivity index (χ0v) is 16.1. The van der Waals surface area contributed by atoms with Crippen LogP contribution in [0.5, 0.6) is 0 Å². The molecule has 0 saturated carbocycles. The van der Waals surface area contributed by atoms with Gasteiger partial charge in [0.25, 0.3) is 0 Å². The Bertz CT molecular complexity index is 999. The summed E-state index contributed by atoms with van der Waals surface area (Å²) in [6.45, 7) is 1.67. The number of carbonyl (C=O) groups excluding carboxylic acids is 1. The summed E-state index contributed by atoms with van der Waals surface area (Å²) in [5, 5.41) is 24.6. The van der Waals surface area contributed by atoms with E-state index in [0.717, 1.165) is 17.8 Å². The molecule has 1 amide bonds. The lowest BCUT2D eigenvalue weighted by atomic mass is 10.2. The van der Waals surface area contributed by atoms with Crippen LogP contribution in [0.25, 0.3) is 0 Å². The van der Waals surface area contributed by atoms with Gasteiger partial charge < -0.3 is 10.6 Å². The quantitative estimate of drug-likeness (QED) is 0.331. The van der Waals surface area contributed by atoms with E-state index < -0.39 is 27.6 Å². The van der Waals surface area contributed by atoms with Gasteiger partial charge in [-0.05, 0) is 31.2 Å². The molecule has 1 aromatic heterocycles. The highest BCUT2D eigenvalue weighted by Crippen LogP contribution is 2.31. The van der Waals surface area contributed by atoms with Crippen LogP contribution in [0.3, 0.4) is 0 Å². The van der Waals surface area contributed by atoms with Crippen LogP contribution < -0.4 is 10.6 Å². The van der Waals surface area contributed by atoms with E-state index in [9.17, 15) is 19.3 Å². The van der Waals surface area contributed by atoms with Gasteiger partial charge in [0.1, 0.15) is 0 Å². The molecule has 11 heteroatoms. The normalized spacial score (nSPS) is 11.6. The Morgan fingerprint density at radius 3 is 2.68 bits per heavy atom. The van der Waals surface area contributed by atoms with Crippen molar-refractivity contribution in [2.75, 3.05) is 10.6 Å². The summed E-state index contributed by atoms with van der Waals surface area (Å²) in [6.07, 6.45) is 0. The van der Waals surface area contributed by atoms with Crippen LogP contribution in [-0.2, 0) is 4.79 Å². The molecule has 0 bridgehead atoms. The number of nitrogens with one attached hydrogen (secondary N) is 2. The Labute approximate surface area is 167 Å². The van der Waals surface area contributed by atoms with Crippen molar-refractivity contribution in [3.63, 3.8) is 0 Å². The molecule has 8 nitrogen and oxygen atoms in total. The molecule has 144 valence electrons. The van der Waals surface area contributed by atoms with Gasteiger partial charge in [-0.25, -0.2) is 0 Å². The molecular weight excluding hydrogens is 405 g/mol. The third-order valence-corrected chi connectivity index (χ3v) is 5.51. The average Bonchev–Trinajstić information content (AvgIpc) is 3.10. The van der Waals surface area contributed by atoms with E-state index >= 15 is 0 Å². The van der Waals surface area contributed by atoms with E-state index in [1.54, 1.807) is 6.92 Å². The Hall–Kier alpha value is -3.05. The number of amides is 1. The standard InChI is InChI=1S/C17H14FN5O3S2/c1-10(15(24)19-12-7-8-13(18)14(9-12)23(25)26)27-17-22-21-16(28-17)20-11-5-3-2-4-6-11/h2-10H,1H3,(H,19,24)(H,20,21). The molecule has 1 heterocycles. The largest absolute Gasteiger partial charge is 0.330 e. The number of halogens is 1. The van der Waals surface area contributed by atoms with Crippen LogP contribution in [0.1, 0.15) is 6.92 Å². The molecular formula is C17H14FN5O3S2. The van der Waals surface area contributed by atoms with Gasteiger partial charge in [0.15, 0.2) is 4.34 Å². The number of anilines is 3. The first-order chi connectivity index (χ1) is 13.4. The van der Waals surface area contributed by atoms with Crippen LogP contribution in [0.15, 0.2) is 52.9 Å². The number of nitro groups is 1. The molecule has 0 fully saturated rings. The maximum Gasteiger partial charge on any atom is 0.306 e. The minimum atomic E-state index is -0.960. The summed E-state index contributed by atoms with van der Waals surface area (Å²) in [5.74, 6) is -1.35. The van der Waals surface area contributed by atoms with E-state index in [-0.39, 0.29) is 5.69 Å². The second-order valence-electron chi connectivity index (χ2n) is 5.54. The fourth-order valence-electron chi connectivity index (χ4n) is 2.13. The number of aromatic nitrogens is 2. The van der Waals surface area contributed by atoms with Gasteiger partial charge in [-0.2, -0.15) is 4.39 Å². The molecule has 0 saturated heterocycles. The smallest absolute Gasteiger partial charge is 0.306 e. The van der Waals surface area contributed by atoms with Crippen molar-refractivity contribution in [1.29, 1.82) is 0 Å². The zero-order chi connectivity index (χ0) is 20.1. The van der Waals surface area contributed by atoms with Crippen molar-refractivity contribution in [3.8, 4) is 0 Å². The second-order valence-corrected chi connectivity index (χ2v) is 8.10. The van der Waals surface area contributed by atoms with Gasteiger partial charge in [0.2, 0.25) is 16.9 Å². The highest BCUT2D eigenvalue weighted by atomic mass is 32.2. The average molecular weight is 419 g/mol. The third-order valence-electron chi connectivity index (χ3n) is 3.49. The molecule has 0 aliphatic rings. The minimum absolute atomic E-state index is 0.147. The van der Waals surface area contributed by atoms with E-state index in [1.165, 1.54) is 29.2 Å². The van der Waals surface area contributed by atoms with E-state index in [0.29, 0.717) is 9.47 Å². The van der Waals surface area contributed by atoms with Gasteiger partial charge in [-0.1, -0.05) is 41.3 Å². The summed E-state index contributed by atoms with van der Waals surface area (Å²) >= 11 is 2.50. The summed E-state index contributed by atoms with van der Waals surface area (Å²) in [4.78, 5) is 22.3. The van der Waals surface area contributed by atoms with Crippen LogP contribution in [0.4, 0.5) is 26.6 Å². The number of nitro benzene ring substituents is 1. The number of hydrogen-bond donors (Lipinski definition) is 2. The van der Waals surface area contributed by atoms with Crippen molar-refractivity contribution in [3.05, 3.63) is 64.5 Å². The first-order valence-corrected chi connectivity index (χ1v) is 9.69. The van der Waals surface area contributed by atoms with E-state index in [2.05, 4.69) is 20.8 Å². The first-order valence-electron chi connectivity index (χ1n) is 7.99. The van der Waals surface area contributed by atoms with Gasteiger partial charge in [0.05, 0.1) is 10.2 Å². The number of nitrogens with zero attached hydrogens (tertiary/aromatic N) is 3. The zero-order valence-electron chi connectivity index (χ0n) is 14.5. The Kier molecular flexibility index (Phi) is 6.16. The molecule has 2 N–H and O–H groups in total. The number of benzene rings is 2. The molecule has 3 aromatic rings. The predicted molar refractivity (Wildman–Crippen MR) is 107 cm³/mol. The van der Waals surface area contributed by atoms with Crippen molar-refractivity contribution in [1.82, 2.24) is 10.2 Å². The van der Waals surface area contributed by atoms with Crippen LogP contribution in [0, 0.1) is 15.9 Å². The second kappa shape index (κ2) is 8.76. The number of hydrogen-bond acceptors (Lipinski definition) is 8. The molecule has 3 rings (SSSR count). The highest BCUT2D eigenvalue weighted by molar-refractivity contribution is 8.02. The summed E-state index contributed by atoms with van der Waals surface area (Å²) < 4.78 is 14.0. The molecule has 2 aromatic carbocycles. The summed E-state index contributed by atoms with van der Waals surface area (Å²) in [7, 11) is 0. The van der Waals surface area contributed by atoms with Crippen molar-refractivity contribution < 1.29 is 14.1 Å². The SMILES string of the molecule is CC(Sc1nnc(Nc2ccccc2)s1)C(=O)Nc1ccc(F)c([N+](=O)[O-])c1. The maximum atomic E-state index is 13.4. The molecule has 1 atom stereocenters. The molecule has 1 unspecified atom stereocenters. The number of rotatable bonds is 7. The lowest BCUT2D eigenvalue weighted by Gasteiger charge is -2.10. The number of thioether (sulfide) groups is 1. The molecule has 0 aliphatic carbocycles. The minimum Gasteiger partial charge on any atom is -0.330 e. The van der Waals surface area contributed by atoms with Crippen LogP contribution in [0.2, 0.25) is 0 Å². The summed E-state index contributed by atoms with van der Waals surface area (Å²) in [5.41, 5.74) is 0.326. The first kappa shape index (κ1) is 19.7. The highest BCUT2D eigenvalue weighted by Gasteiger charge is 2.20. The number of para-hydroxylation sites is 1. The fourth-order valence-corrected chi connectivity index (χ4v) is 4.05. The van der Waals surface area contributed by atoms with Gasteiger partial charge in [-0.15, -0.1) is 10.2 Å². The van der Waals surface area contributed by atoms with E-state index in [1.807, 2.05) is 30.3 Å². The molecule has 0 spiro atoms. The molecule has 28 heavy (non-hydrogen) atoms. The summed E-state index contributed by atoms with van der Waals surface area (Å²) in [6, 6.07) is 12.7. The van der Waals surface area contributed by atoms with Crippen molar-refractivity contribution >= 4 is 51.2 Å². The van der Waals surface area contributed by atoms with E-state index in [4.69, 9.17) is 0 Å². The van der Waals surface area contributed by atoms with Gasteiger partial charge in [-0.3, -0.25) is 14.9 Å². The van der Waals surface area contributed by atoms with Crippen molar-refractivity contribution in [2.24, 2.45) is 0 Å². The van der Waals surface area contributed by atoms with Crippen LogP contribution in [-0.4, -0.2) is 26.3 Å². The van der Waals surface area contributed by atoms with Crippen LogP contribution >= 0.6 is 23.1 Å². The van der Waals surface area contributed by atoms with Gasteiger partial charge in [0, 0.05) is 17.4 Å². The molecule has 0 radical (unpaired) electrons. The van der Waals surface area contributed by atoms with Crippen molar-refractivity contribution in [2.45, 2.75) is 16.5 Å². The molecule has 0 aliphatic heterocycles. The third kappa shape index (κ3) is 5.02. The topological polar surface area (TPSA) is 110 Å². The Balaban J connectivity index is 1.60. The van der Waals surface area contributed by atoms with Gasteiger partial charge >= 0.3 is 5.69 Å². The monoisotopic (exact) mass is 419 g/mol. The maximum absolute atomic E-state index is 13.4. The fraction of sp³-hybridized carbons (Fsp3) is 0.118. The Morgan fingerprint density at radius 2 is 1.96 bits per heavy atom.